The van der Waals surface area contributed by atoms with Crippen molar-refractivity contribution in [1.82, 2.24) is 19.9 Å². The lowest BCUT2D eigenvalue weighted by atomic mass is 10.1. The van der Waals surface area contributed by atoms with Gasteiger partial charge >= 0.3 is 0 Å². The molecule has 1 aliphatic rings. The fourth-order valence-electron chi connectivity index (χ4n) is 2.92. The average molecular weight is 296 g/mol. The molecule has 0 amide bonds. The number of hydrogen-bond acceptors (Lipinski definition) is 6. The van der Waals surface area contributed by atoms with Gasteiger partial charge in [-0.25, -0.2) is 0 Å². The van der Waals surface area contributed by atoms with E-state index < -0.39 is 0 Å². The van der Waals surface area contributed by atoms with E-state index in [1.807, 2.05) is 13.8 Å². The summed E-state index contributed by atoms with van der Waals surface area (Å²) in [5, 5.41) is 3.90. The maximum atomic E-state index is 5.49. The van der Waals surface area contributed by atoms with E-state index in [4.69, 9.17) is 9.26 Å². The fourth-order valence-corrected chi connectivity index (χ4v) is 2.92. The molecule has 1 aromatic heterocycles. The number of piperazine rings is 1. The molecular formula is C15H28N4O2. The first-order chi connectivity index (χ1) is 10.2. The second-order valence-electron chi connectivity index (χ2n) is 5.65. The van der Waals surface area contributed by atoms with Gasteiger partial charge in [0.15, 0.2) is 5.82 Å². The Balaban J connectivity index is 1.90. The number of aryl methyl sites for hydroxylation is 1. The monoisotopic (exact) mass is 296 g/mol. The molecule has 6 heteroatoms. The molecule has 1 aliphatic heterocycles. The van der Waals surface area contributed by atoms with Gasteiger partial charge in [-0.05, 0) is 27.2 Å². The van der Waals surface area contributed by atoms with Gasteiger partial charge in [0, 0.05) is 38.8 Å². The van der Waals surface area contributed by atoms with Crippen molar-refractivity contribution in [3.63, 3.8) is 0 Å². The molecule has 0 radical (unpaired) electrons. The van der Waals surface area contributed by atoms with Gasteiger partial charge in [0.05, 0.1) is 12.6 Å². The van der Waals surface area contributed by atoms with Gasteiger partial charge in [-0.2, -0.15) is 4.98 Å². The van der Waals surface area contributed by atoms with Crippen LogP contribution in [0.1, 0.15) is 44.9 Å². The lowest BCUT2D eigenvalue weighted by Gasteiger charge is -2.42. The Labute approximate surface area is 127 Å². The molecule has 0 aromatic carbocycles. The Kier molecular flexibility index (Phi) is 6.14. The van der Waals surface area contributed by atoms with Crippen molar-refractivity contribution in [3.05, 3.63) is 11.7 Å². The number of hydrogen-bond donors (Lipinski definition) is 0. The van der Waals surface area contributed by atoms with Crippen LogP contribution in [0.2, 0.25) is 0 Å². The van der Waals surface area contributed by atoms with Gasteiger partial charge in [0.1, 0.15) is 0 Å². The summed E-state index contributed by atoms with van der Waals surface area (Å²) in [5.74, 6) is 1.43. The van der Waals surface area contributed by atoms with Crippen molar-refractivity contribution in [3.8, 4) is 0 Å². The van der Waals surface area contributed by atoms with Crippen LogP contribution in [0.15, 0.2) is 4.52 Å². The standard InChI is InChI=1S/C15H28N4O2/c1-5-14-11-19(8-7-18(14)9-10-20-6-2)12(3)15-16-13(4)17-21-15/h12,14H,5-11H2,1-4H3/t12-,14-/m0/s1. The van der Waals surface area contributed by atoms with E-state index >= 15 is 0 Å². The highest BCUT2D eigenvalue weighted by atomic mass is 16.5. The zero-order chi connectivity index (χ0) is 15.2. The Morgan fingerprint density at radius 2 is 2.19 bits per heavy atom. The SMILES string of the molecule is CCOCCN1CCN([C@@H](C)c2nc(C)no2)C[C@@H]1CC. The highest BCUT2D eigenvalue weighted by Gasteiger charge is 2.30. The minimum Gasteiger partial charge on any atom is -0.380 e. The van der Waals surface area contributed by atoms with Crippen molar-refractivity contribution in [2.45, 2.75) is 46.2 Å². The van der Waals surface area contributed by atoms with Crippen LogP contribution >= 0.6 is 0 Å². The summed E-state index contributed by atoms with van der Waals surface area (Å²) in [4.78, 5) is 9.35. The topological polar surface area (TPSA) is 54.6 Å². The smallest absolute Gasteiger partial charge is 0.243 e. The van der Waals surface area contributed by atoms with Gasteiger partial charge in [0.2, 0.25) is 5.89 Å². The molecule has 1 fully saturated rings. The molecule has 1 saturated heterocycles. The first-order valence-electron chi connectivity index (χ1n) is 8.01. The Morgan fingerprint density at radius 1 is 1.38 bits per heavy atom. The quantitative estimate of drug-likeness (QED) is 0.716. The van der Waals surface area contributed by atoms with Crippen LogP contribution in [0, 0.1) is 6.92 Å². The van der Waals surface area contributed by atoms with E-state index in [-0.39, 0.29) is 6.04 Å². The summed E-state index contributed by atoms with van der Waals surface area (Å²) in [6.07, 6.45) is 1.15. The third-order valence-electron chi connectivity index (χ3n) is 4.28. The van der Waals surface area contributed by atoms with E-state index in [1.54, 1.807) is 0 Å². The summed E-state index contributed by atoms with van der Waals surface area (Å²) in [6.45, 7) is 14.1. The zero-order valence-electron chi connectivity index (χ0n) is 13.7. The third kappa shape index (κ3) is 4.25. The number of rotatable bonds is 7. The maximum absolute atomic E-state index is 5.49. The second-order valence-corrected chi connectivity index (χ2v) is 5.65. The van der Waals surface area contributed by atoms with Crippen LogP contribution in [-0.2, 0) is 4.74 Å². The molecule has 0 aliphatic carbocycles. The predicted octanol–water partition coefficient (Wildman–Crippen LogP) is 1.87. The van der Waals surface area contributed by atoms with E-state index in [2.05, 4.69) is 33.8 Å². The van der Waals surface area contributed by atoms with Crippen LogP contribution < -0.4 is 0 Å². The highest BCUT2D eigenvalue weighted by molar-refractivity contribution is 4.93. The van der Waals surface area contributed by atoms with Crippen LogP contribution in [-0.4, -0.2) is 65.4 Å². The molecule has 0 saturated carbocycles. The normalized spacial score (nSPS) is 22.6. The largest absolute Gasteiger partial charge is 0.380 e. The van der Waals surface area contributed by atoms with Crippen molar-refractivity contribution in [2.24, 2.45) is 0 Å². The lowest BCUT2D eigenvalue weighted by molar-refractivity contribution is 0.0214. The summed E-state index contributed by atoms with van der Waals surface area (Å²) < 4.78 is 10.8. The minimum absolute atomic E-state index is 0.189. The molecule has 0 spiro atoms. The van der Waals surface area contributed by atoms with Crippen molar-refractivity contribution >= 4 is 0 Å². The Bertz CT molecular complexity index is 424. The average Bonchev–Trinajstić information content (AvgIpc) is 2.93. The van der Waals surface area contributed by atoms with Gasteiger partial charge in [-0.3, -0.25) is 9.80 Å². The summed E-state index contributed by atoms with van der Waals surface area (Å²) >= 11 is 0. The van der Waals surface area contributed by atoms with Gasteiger partial charge < -0.3 is 9.26 Å². The van der Waals surface area contributed by atoms with Crippen LogP contribution in [0.5, 0.6) is 0 Å². The molecule has 120 valence electrons. The number of aromatic nitrogens is 2. The fraction of sp³-hybridized carbons (Fsp3) is 0.867. The molecule has 2 rings (SSSR count). The third-order valence-corrected chi connectivity index (χ3v) is 4.28. The molecular weight excluding hydrogens is 268 g/mol. The van der Waals surface area contributed by atoms with Crippen LogP contribution in [0.25, 0.3) is 0 Å². The summed E-state index contributed by atoms with van der Waals surface area (Å²) in [6, 6.07) is 0.764. The van der Waals surface area contributed by atoms with Gasteiger partial charge in [-0.1, -0.05) is 12.1 Å². The molecule has 1 aromatic rings. The van der Waals surface area contributed by atoms with E-state index in [0.29, 0.717) is 11.9 Å². The van der Waals surface area contributed by atoms with E-state index in [0.717, 1.165) is 51.7 Å². The zero-order valence-corrected chi connectivity index (χ0v) is 13.7. The highest BCUT2D eigenvalue weighted by Crippen LogP contribution is 2.23. The molecule has 21 heavy (non-hydrogen) atoms. The first-order valence-corrected chi connectivity index (χ1v) is 8.01. The van der Waals surface area contributed by atoms with Gasteiger partial charge in [-0.15, -0.1) is 0 Å². The Morgan fingerprint density at radius 3 is 2.81 bits per heavy atom. The number of ether oxygens (including phenoxy) is 1. The Hall–Kier alpha value is -0.980. The van der Waals surface area contributed by atoms with E-state index in [9.17, 15) is 0 Å². The lowest BCUT2D eigenvalue weighted by Crippen LogP contribution is -2.54. The van der Waals surface area contributed by atoms with E-state index in [1.165, 1.54) is 0 Å². The van der Waals surface area contributed by atoms with Gasteiger partial charge in [0.25, 0.3) is 0 Å². The first kappa shape index (κ1) is 16.4. The molecule has 6 nitrogen and oxygen atoms in total. The molecule has 0 bridgehead atoms. The molecule has 2 heterocycles. The minimum atomic E-state index is 0.189. The molecule has 0 N–H and O–H groups in total. The van der Waals surface area contributed by atoms with Crippen molar-refractivity contribution < 1.29 is 9.26 Å². The second kappa shape index (κ2) is 7.87. The van der Waals surface area contributed by atoms with Crippen LogP contribution in [0.3, 0.4) is 0 Å². The van der Waals surface area contributed by atoms with Crippen LogP contribution in [0.4, 0.5) is 0 Å². The maximum Gasteiger partial charge on any atom is 0.243 e. The summed E-state index contributed by atoms with van der Waals surface area (Å²) in [5.41, 5.74) is 0. The molecule has 2 atom stereocenters. The predicted molar refractivity (Wildman–Crippen MR) is 81.2 cm³/mol. The van der Waals surface area contributed by atoms with Crippen molar-refractivity contribution in [1.29, 1.82) is 0 Å². The summed E-state index contributed by atoms with van der Waals surface area (Å²) in [7, 11) is 0. The molecule has 0 unspecified atom stereocenters. The number of nitrogens with zero attached hydrogens (tertiary/aromatic N) is 4. The van der Waals surface area contributed by atoms with Crippen molar-refractivity contribution in [2.75, 3.05) is 39.4 Å².